The first-order valence-corrected chi connectivity index (χ1v) is 4.96. The summed E-state index contributed by atoms with van der Waals surface area (Å²) in [6, 6.07) is 0.466. The highest BCUT2D eigenvalue weighted by molar-refractivity contribution is 5.80. The molecule has 0 aromatic rings. The zero-order chi connectivity index (χ0) is 8.97. The van der Waals surface area contributed by atoms with Crippen LogP contribution in [0, 0.1) is 5.92 Å². The fourth-order valence-electron chi connectivity index (χ4n) is 1.58. The molecule has 0 amide bonds. The van der Waals surface area contributed by atoms with Crippen molar-refractivity contribution >= 4 is 5.78 Å². The Labute approximate surface area is 74.7 Å². The van der Waals surface area contributed by atoms with Crippen molar-refractivity contribution in [3.05, 3.63) is 0 Å². The molecule has 0 aromatic carbocycles. The lowest BCUT2D eigenvalue weighted by Crippen LogP contribution is -2.36. The van der Waals surface area contributed by atoms with Gasteiger partial charge in [-0.1, -0.05) is 20.3 Å². The van der Waals surface area contributed by atoms with Crippen LogP contribution in [0.2, 0.25) is 0 Å². The summed E-state index contributed by atoms with van der Waals surface area (Å²) >= 11 is 0. The molecule has 70 valence electrons. The van der Waals surface area contributed by atoms with Gasteiger partial charge in [-0.3, -0.25) is 4.79 Å². The van der Waals surface area contributed by atoms with Gasteiger partial charge in [0.2, 0.25) is 0 Å². The van der Waals surface area contributed by atoms with Crippen LogP contribution in [0.3, 0.4) is 0 Å². The van der Waals surface area contributed by atoms with Gasteiger partial charge in [-0.2, -0.15) is 0 Å². The Morgan fingerprint density at radius 2 is 2.25 bits per heavy atom. The van der Waals surface area contributed by atoms with Gasteiger partial charge in [0.25, 0.3) is 0 Å². The second-order valence-electron chi connectivity index (χ2n) is 3.97. The molecule has 1 saturated heterocycles. The van der Waals surface area contributed by atoms with Crippen molar-refractivity contribution in [3.63, 3.8) is 0 Å². The molecule has 0 aliphatic carbocycles. The monoisotopic (exact) mass is 169 g/mol. The van der Waals surface area contributed by atoms with E-state index in [-0.39, 0.29) is 5.92 Å². The minimum absolute atomic E-state index is 0.203. The van der Waals surface area contributed by atoms with Crippen molar-refractivity contribution in [2.75, 3.05) is 6.54 Å². The topological polar surface area (TPSA) is 29.1 Å². The van der Waals surface area contributed by atoms with E-state index in [1.165, 1.54) is 19.3 Å². The summed E-state index contributed by atoms with van der Waals surface area (Å²) in [5.41, 5.74) is 0. The van der Waals surface area contributed by atoms with Gasteiger partial charge in [0.05, 0.1) is 0 Å². The van der Waals surface area contributed by atoms with E-state index in [1.54, 1.807) is 0 Å². The number of hydrogen-bond donors (Lipinski definition) is 1. The second-order valence-corrected chi connectivity index (χ2v) is 3.97. The van der Waals surface area contributed by atoms with E-state index < -0.39 is 0 Å². The van der Waals surface area contributed by atoms with Crippen molar-refractivity contribution in [1.82, 2.24) is 5.32 Å². The standard InChI is InChI=1S/C10H19NO/c1-8(2)10(12)7-9-5-3-4-6-11-9/h8-9,11H,3-7H2,1-2H3. The van der Waals surface area contributed by atoms with Crippen LogP contribution in [0.5, 0.6) is 0 Å². The molecule has 12 heavy (non-hydrogen) atoms. The molecule has 0 bridgehead atoms. The Morgan fingerprint density at radius 1 is 1.50 bits per heavy atom. The third-order valence-electron chi connectivity index (χ3n) is 2.50. The molecule has 0 aromatic heterocycles. The summed E-state index contributed by atoms with van der Waals surface area (Å²) in [5.74, 6) is 0.600. The van der Waals surface area contributed by atoms with Crippen LogP contribution < -0.4 is 5.32 Å². The summed E-state index contributed by atoms with van der Waals surface area (Å²) < 4.78 is 0. The van der Waals surface area contributed by atoms with Gasteiger partial charge in [0.1, 0.15) is 5.78 Å². The van der Waals surface area contributed by atoms with Crippen molar-refractivity contribution < 1.29 is 4.79 Å². The molecule has 1 heterocycles. The predicted octanol–water partition coefficient (Wildman–Crippen LogP) is 1.74. The number of ketones is 1. The molecule has 2 nitrogen and oxygen atoms in total. The minimum Gasteiger partial charge on any atom is -0.314 e. The second kappa shape index (κ2) is 4.61. The molecule has 1 rings (SSSR count). The number of nitrogens with one attached hydrogen (secondary N) is 1. The molecule has 1 atom stereocenters. The molecule has 2 heteroatoms. The number of hydrogen-bond acceptors (Lipinski definition) is 2. The molecule has 1 aliphatic heterocycles. The van der Waals surface area contributed by atoms with E-state index in [1.807, 2.05) is 13.8 Å². The van der Waals surface area contributed by atoms with E-state index in [0.29, 0.717) is 11.8 Å². The lowest BCUT2D eigenvalue weighted by atomic mass is 9.96. The van der Waals surface area contributed by atoms with E-state index in [0.717, 1.165) is 13.0 Å². The highest BCUT2D eigenvalue weighted by Gasteiger charge is 2.17. The quantitative estimate of drug-likeness (QED) is 0.697. The van der Waals surface area contributed by atoms with Gasteiger partial charge < -0.3 is 5.32 Å². The first-order valence-electron chi connectivity index (χ1n) is 4.96. The highest BCUT2D eigenvalue weighted by atomic mass is 16.1. The average molecular weight is 169 g/mol. The normalized spacial score (nSPS) is 24.4. The molecule has 0 saturated carbocycles. The number of piperidine rings is 1. The maximum absolute atomic E-state index is 11.4. The minimum atomic E-state index is 0.203. The molecular weight excluding hydrogens is 150 g/mol. The van der Waals surface area contributed by atoms with Crippen LogP contribution in [-0.4, -0.2) is 18.4 Å². The Morgan fingerprint density at radius 3 is 2.75 bits per heavy atom. The largest absolute Gasteiger partial charge is 0.314 e. The van der Waals surface area contributed by atoms with Gasteiger partial charge in [-0.05, 0) is 19.4 Å². The van der Waals surface area contributed by atoms with Crippen LogP contribution >= 0.6 is 0 Å². The fourth-order valence-corrected chi connectivity index (χ4v) is 1.58. The molecule has 0 radical (unpaired) electrons. The Balaban J connectivity index is 2.24. The van der Waals surface area contributed by atoms with E-state index in [4.69, 9.17) is 0 Å². The molecule has 1 fully saturated rings. The van der Waals surface area contributed by atoms with E-state index >= 15 is 0 Å². The summed E-state index contributed by atoms with van der Waals surface area (Å²) in [6.45, 7) is 5.05. The molecule has 1 unspecified atom stereocenters. The van der Waals surface area contributed by atoms with Crippen LogP contribution in [0.25, 0.3) is 0 Å². The Hall–Kier alpha value is -0.370. The van der Waals surface area contributed by atoms with E-state index in [9.17, 15) is 4.79 Å². The summed E-state index contributed by atoms with van der Waals surface area (Å²) in [5, 5.41) is 3.38. The zero-order valence-corrected chi connectivity index (χ0v) is 8.10. The molecule has 1 aliphatic rings. The lowest BCUT2D eigenvalue weighted by Gasteiger charge is -2.23. The fraction of sp³-hybridized carbons (Fsp3) is 0.900. The maximum atomic E-state index is 11.4. The average Bonchev–Trinajstić information content (AvgIpc) is 2.06. The zero-order valence-electron chi connectivity index (χ0n) is 8.10. The number of carbonyl (C=O) groups excluding carboxylic acids is 1. The maximum Gasteiger partial charge on any atom is 0.136 e. The first-order chi connectivity index (χ1) is 5.70. The van der Waals surface area contributed by atoms with Crippen LogP contribution in [0.1, 0.15) is 39.5 Å². The van der Waals surface area contributed by atoms with Crippen LogP contribution in [0.4, 0.5) is 0 Å². The van der Waals surface area contributed by atoms with Crippen molar-refractivity contribution in [2.24, 2.45) is 5.92 Å². The molecular formula is C10H19NO. The predicted molar refractivity (Wildman–Crippen MR) is 50.1 cm³/mol. The van der Waals surface area contributed by atoms with Crippen LogP contribution in [0.15, 0.2) is 0 Å². The number of Topliss-reactive ketones (excluding diaryl/α,β-unsaturated/α-hetero) is 1. The van der Waals surface area contributed by atoms with Gasteiger partial charge >= 0.3 is 0 Å². The first kappa shape index (κ1) is 9.72. The Bertz CT molecular complexity index is 148. The summed E-state index contributed by atoms with van der Waals surface area (Å²) in [7, 11) is 0. The SMILES string of the molecule is CC(C)C(=O)CC1CCCCN1. The van der Waals surface area contributed by atoms with Gasteiger partial charge in [-0.25, -0.2) is 0 Å². The number of carbonyl (C=O) groups is 1. The Kier molecular flexibility index (Phi) is 3.73. The van der Waals surface area contributed by atoms with Crippen LogP contribution in [-0.2, 0) is 4.79 Å². The van der Waals surface area contributed by atoms with E-state index in [2.05, 4.69) is 5.32 Å². The molecule has 1 N–H and O–H groups in total. The number of rotatable bonds is 3. The molecule has 0 spiro atoms. The van der Waals surface area contributed by atoms with Gasteiger partial charge in [-0.15, -0.1) is 0 Å². The summed E-state index contributed by atoms with van der Waals surface area (Å²) in [4.78, 5) is 11.4. The third-order valence-corrected chi connectivity index (χ3v) is 2.50. The van der Waals surface area contributed by atoms with Gasteiger partial charge in [0.15, 0.2) is 0 Å². The van der Waals surface area contributed by atoms with Crippen molar-refractivity contribution in [3.8, 4) is 0 Å². The van der Waals surface area contributed by atoms with Crippen molar-refractivity contribution in [2.45, 2.75) is 45.6 Å². The third kappa shape index (κ3) is 2.94. The smallest absolute Gasteiger partial charge is 0.136 e. The lowest BCUT2D eigenvalue weighted by molar-refractivity contribution is -0.122. The highest BCUT2D eigenvalue weighted by Crippen LogP contribution is 2.12. The van der Waals surface area contributed by atoms with Gasteiger partial charge in [0, 0.05) is 18.4 Å². The van der Waals surface area contributed by atoms with Crippen molar-refractivity contribution in [1.29, 1.82) is 0 Å². The summed E-state index contributed by atoms with van der Waals surface area (Å²) in [6.07, 6.45) is 4.46.